The summed E-state index contributed by atoms with van der Waals surface area (Å²) in [6, 6.07) is 5.85. The molecule has 1 fully saturated rings. The van der Waals surface area contributed by atoms with Crippen molar-refractivity contribution in [2.24, 2.45) is 0 Å². The van der Waals surface area contributed by atoms with E-state index in [0.29, 0.717) is 6.42 Å². The van der Waals surface area contributed by atoms with Gasteiger partial charge in [-0.15, -0.1) is 5.10 Å². The summed E-state index contributed by atoms with van der Waals surface area (Å²) in [4.78, 5) is 16.4. The topological polar surface area (TPSA) is 78.0 Å². The number of hydrogen-bond acceptors (Lipinski definition) is 5. The van der Waals surface area contributed by atoms with E-state index in [2.05, 4.69) is 20.4 Å². The quantitative estimate of drug-likeness (QED) is 0.925. The smallest absolute Gasteiger partial charge is 0.229 e. The summed E-state index contributed by atoms with van der Waals surface area (Å²) in [7, 11) is 3.86. The van der Waals surface area contributed by atoms with Crippen molar-refractivity contribution >= 4 is 11.7 Å². The van der Waals surface area contributed by atoms with E-state index in [9.17, 15) is 4.79 Å². The number of anilines is 1. The second kappa shape index (κ2) is 6.36. The summed E-state index contributed by atoms with van der Waals surface area (Å²) in [6.45, 7) is 2.70. The Bertz CT molecular complexity index is 678. The minimum atomic E-state index is 0.0197. The third-order valence-corrected chi connectivity index (χ3v) is 4.14. The van der Waals surface area contributed by atoms with Crippen molar-refractivity contribution in [2.75, 3.05) is 25.5 Å². The number of aryl methyl sites for hydroxylation is 1. The second-order valence-corrected chi connectivity index (χ2v) is 6.18. The standard InChI is InChI=1S/C16H22N6O/c1-11-9-12(18-17-11)10-16(23)22-8-4-5-14(22)13-6-7-15(20-19-13)21(2)3/h6-7,9,14H,4-5,8,10H2,1-3H3,(H,17,18). The lowest BCUT2D eigenvalue weighted by molar-refractivity contribution is -0.131. The first-order chi connectivity index (χ1) is 11.0. The van der Waals surface area contributed by atoms with E-state index >= 15 is 0 Å². The molecule has 0 aliphatic carbocycles. The molecule has 7 heteroatoms. The minimum absolute atomic E-state index is 0.0197. The van der Waals surface area contributed by atoms with Gasteiger partial charge in [-0.05, 0) is 38.0 Å². The Balaban J connectivity index is 1.73. The summed E-state index contributed by atoms with van der Waals surface area (Å²) in [5, 5.41) is 15.6. The Labute approximate surface area is 135 Å². The molecule has 3 rings (SSSR count). The van der Waals surface area contributed by atoms with Gasteiger partial charge in [0.2, 0.25) is 5.91 Å². The van der Waals surface area contributed by atoms with Gasteiger partial charge in [0.05, 0.1) is 23.9 Å². The lowest BCUT2D eigenvalue weighted by Crippen LogP contribution is -2.32. The lowest BCUT2D eigenvalue weighted by Gasteiger charge is -2.24. The summed E-state index contributed by atoms with van der Waals surface area (Å²) >= 11 is 0. The van der Waals surface area contributed by atoms with Gasteiger partial charge in [-0.3, -0.25) is 9.89 Å². The van der Waals surface area contributed by atoms with Crippen molar-refractivity contribution in [3.63, 3.8) is 0 Å². The SMILES string of the molecule is Cc1cc(CC(=O)N2CCCC2c2ccc(N(C)C)nn2)n[nH]1. The molecule has 0 saturated carbocycles. The highest BCUT2D eigenvalue weighted by molar-refractivity contribution is 5.79. The Morgan fingerprint density at radius 2 is 2.22 bits per heavy atom. The molecule has 122 valence electrons. The first-order valence-electron chi connectivity index (χ1n) is 7.86. The Hall–Kier alpha value is -2.44. The molecule has 0 aromatic carbocycles. The molecule has 1 amide bonds. The molecule has 1 unspecified atom stereocenters. The molecular weight excluding hydrogens is 292 g/mol. The largest absolute Gasteiger partial charge is 0.361 e. The summed E-state index contributed by atoms with van der Waals surface area (Å²) < 4.78 is 0. The molecule has 0 bridgehead atoms. The number of aromatic amines is 1. The molecule has 7 nitrogen and oxygen atoms in total. The summed E-state index contributed by atoms with van der Waals surface area (Å²) in [5.41, 5.74) is 2.61. The van der Waals surface area contributed by atoms with Crippen LogP contribution in [0.15, 0.2) is 18.2 Å². The molecule has 0 radical (unpaired) electrons. The zero-order valence-corrected chi connectivity index (χ0v) is 13.8. The van der Waals surface area contributed by atoms with Crippen LogP contribution in [0.2, 0.25) is 0 Å². The van der Waals surface area contributed by atoms with Gasteiger partial charge >= 0.3 is 0 Å². The predicted molar refractivity (Wildman–Crippen MR) is 87.1 cm³/mol. The zero-order chi connectivity index (χ0) is 16.4. The molecule has 23 heavy (non-hydrogen) atoms. The van der Waals surface area contributed by atoms with E-state index in [1.807, 2.05) is 49.0 Å². The molecule has 1 atom stereocenters. The highest BCUT2D eigenvalue weighted by Gasteiger charge is 2.31. The van der Waals surface area contributed by atoms with Crippen molar-refractivity contribution in [1.82, 2.24) is 25.3 Å². The van der Waals surface area contributed by atoms with Crippen molar-refractivity contribution in [1.29, 1.82) is 0 Å². The average Bonchev–Trinajstić information content (AvgIpc) is 3.16. The fourth-order valence-corrected chi connectivity index (χ4v) is 2.95. The van der Waals surface area contributed by atoms with Crippen LogP contribution < -0.4 is 4.90 Å². The van der Waals surface area contributed by atoms with Gasteiger partial charge in [-0.1, -0.05) is 0 Å². The molecule has 1 saturated heterocycles. The molecule has 3 heterocycles. The highest BCUT2D eigenvalue weighted by Crippen LogP contribution is 2.31. The monoisotopic (exact) mass is 314 g/mol. The van der Waals surface area contributed by atoms with E-state index in [-0.39, 0.29) is 11.9 Å². The van der Waals surface area contributed by atoms with Gasteiger partial charge in [-0.2, -0.15) is 10.2 Å². The van der Waals surface area contributed by atoms with E-state index in [4.69, 9.17) is 0 Å². The first-order valence-corrected chi connectivity index (χ1v) is 7.86. The number of hydrogen-bond donors (Lipinski definition) is 1. The van der Waals surface area contributed by atoms with Gasteiger partial charge < -0.3 is 9.80 Å². The fraction of sp³-hybridized carbons (Fsp3) is 0.500. The maximum Gasteiger partial charge on any atom is 0.229 e. The van der Waals surface area contributed by atoms with Crippen molar-refractivity contribution in [3.05, 3.63) is 35.3 Å². The molecular formula is C16H22N6O. The second-order valence-electron chi connectivity index (χ2n) is 6.18. The predicted octanol–water partition coefficient (Wildman–Crippen LogP) is 1.48. The number of nitrogens with zero attached hydrogens (tertiary/aromatic N) is 5. The number of H-pyrrole nitrogens is 1. The van der Waals surface area contributed by atoms with Crippen LogP contribution in [0.3, 0.4) is 0 Å². The molecule has 1 N–H and O–H groups in total. The van der Waals surface area contributed by atoms with Gasteiger partial charge in [0, 0.05) is 26.3 Å². The highest BCUT2D eigenvalue weighted by atomic mass is 16.2. The van der Waals surface area contributed by atoms with Crippen molar-refractivity contribution < 1.29 is 4.79 Å². The number of carbonyl (C=O) groups is 1. The van der Waals surface area contributed by atoms with Gasteiger partial charge in [0.1, 0.15) is 0 Å². The number of carbonyl (C=O) groups excluding carboxylic acids is 1. The number of nitrogens with one attached hydrogen (secondary N) is 1. The molecule has 1 aliphatic heterocycles. The van der Waals surface area contributed by atoms with E-state index < -0.39 is 0 Å². The van der Waals surface area contributed by atoms with Crippen LogP contribution >= 0.6 is 0 Å². The maximum absolute atomic E-state index is 12.6. The average molecular weight is 314 g/mol. The molecule has 2 aromatic heterocycles. The van der Waals surface area contributed by atoms with Crippen LogP contribution in [0.1, 0.15) is 36.0 Å². The summed E-state index contributed by atoms with van der Waals surface area (Å²) in [5.74, 6) is 0.911. The minimum Gasteiger partial charge on any atom is -0.361 e. The number of rotatable bonds is 4. The van der Waals surface area contributed by atoms with Crippen LogP contribution in [0, 0.1) is 6.92 Å². The summed E-state index contributed by atoms with van der Waals surface area (Å²) in [6.07, 6.45) is 2.25. The van der Waals surface area contributed by atoms with Crippen molar-refractivity contribution in [2.45, 2.75) is 32.2 Å². The van der Waals surface area contributed by atoms with Crippen LogP contribution in [0.5, 0.6) is 0 Å². The third-order valence-electron chi connectivity index (χ3n) is 4.14. The Morgan fingerprint density at radius 1 is 1.39 bits per heavy atom. The normalized spacial score (nSPS) is 17.5. The molecule has 1 aliphatic rings. The van der Waals surface area contributed by atoms with Gasteiger partial charge in [-0.25, -0.2) is 0 Å². The van der Waals surface area contributed by atoms with Gasteiger partial charge in [0.25, 0.3) is 0 Å². The third kappa shape index (κ3) is 3.33. The molecule has 0 spiro atoms. The number of likely N-dealkylation sites (tertiary alicyclic amines) is 1. The van der Waals surface area contributed by atoms with Crippen LogP contribution in [-0.2, 0) is 11.2 Å². The van der Waals surface area contributed by atoms with Crippen LogP contribution in [0.4, 0.5) is 5.82 Å². The van der Waals surface area contributed by atoms with E-state index in [0.717, 1.165) is 42.3 Å². The number of aromatic nitrogens is 4. The van der Waals surface area contributed by atoms with Crippen molar-refractivity contribution in [3.8, 4) is 0 Å². The maximum atomic E-state index is 12.6. The van der Waals surface area contributed by atoms with Gasteiger partial charge in [0.15, 0.2) is 5.82 Å². The number of amides is 1. The van der Waals surface area contributed by atoms with Crippen LogP contribution in [-0.4, -0.2) is 51.8 Å². The zero-order valence-electron chi connectivity index (χ0n) is 13.8. The Kier molecular flexibility index (Phi) is 4.27. The lowest BCUT2D eigenvalue weighted by atomic mass is 10.1. The first kappa shape index (κ1) is 15.5. The van der Waals surface area contributed by atoms with E-state index in [1.165, 1.54) is 0 Å². The van der Waals surface area contributed by atoms with E-state index in [1.54, 1.807) is 0 Å². The van der Waals surface area contributed by atoms with Crippen LogP contribution in [0.25, 0.3) is 0 Å². The Morgan fingerprint density at radius 3 is 2.83 bits per heavy atom. The fourth-order valence-electron chi connectivity index (χ4n) is 2.95. The molecule has 2 aromatic rings.